The van der Waals surface area contributed by atoms with Gasteiger partial charge in [0.1, 0.15) is 0 Å². The predicted molar refractivity (Wildman–Crippen MR) is 91.2 cm³/mol. The van der Waals surface area contributed by atoms with Gasteiger partial charge in [-0.05, 0) is 25.1 Å². The van der Waals surface area contributed by atoms with Gasteiger partial charge < -0.3 is 10.2 Å². The lowest BCUT2D eigenvalue weighted by Gasteiger charge is -2.25. The number of anilines is 1. The second-order valence-corrected chi connectivity index (χ2v) is 7.84. The Morgan fingerprint density at radius 3 is 2.48 bits per heavy atom. The average molecular weight is 340 g/mol. The fourth-order valence-corrected chi connectivity index (χ4v) is 3.17. The van der Waals surface area contributed by atoms with Crippen molar-refractivity contribution < 1.29 is 18.0 Å². The van der Waals surface area contributed by atoms with Gasteiger partial charge in [0.15, 0.2) is 9.84 Å². The van der Waals surface area contributed by atoms with E-state index in [2.05, 4.69) is 5.32 Å². The zero-order chi connectivity index (χ0) is 17.6. The normalized spacial score (nSPS) is 12.5. The molecular weight excluding hydrogens is 316 g/mol. The first-order valence-electron chi connectivity index (χ1n) is 7.57. The summed E-state index contributed by atoms with van der Waals surface area (Å²) in [6.45, 7) is 5.03. The van der Waals surface area contributed by atoms with E-state index < -0.39 is 15.9 Å². The molecule has 0 aromatic heterocycles. The summed E-state index contributed by atoms with van der Waals surface area (Å²) in [5.41, 5.74) is 0.951. The molecule has 1 rings (SSSR count). The number of carbonyl (C=O) groups excluding carboxylic acids is 2. The van der Waals surface area contributed by atoms with E-state index >= 15 is 0 Å². The van der Waals surface area contributed by atoms with Crippen LogP contribution in [0.1, 0.15) is 37.6 Å². The zero-order valence-corrected chi connectivity index (χ0v) is 14.8. The molecule has 23 heavy (non-hydrogen) atoms. The van der Waals surface area contributed by atoms with E-state index in [1.807, 2.05) is 0 Å². The fraction of sp³-hybridized carbons (Fsp3) is 0.500. The molecule has 128 valence electrons. The largest absolute Gasteiger partial charge is 0.338 e. The molecule has 0 aliphatic carbocycles. The topological polar surface area (TPSA) is 83.6 Å². The Kier molecular flexibility index (Phi) is 6.75. The minimum atomic E-state index is -3.16. The number of carbonyl (C=O) groups is 2. The van der Waals surface area contributed by atoms with Crippen LogP contribution in [0, 0.1) is 0 Å². The number of nitrogens with zero attached hydrogens (tertiary/aromatic N) is 1. The molecule has 1 aromatic carbocycles. The minimum Gasteiger partial charge on any atom is -0.338 e. The van der Waals surface area contributed by atoms with E-state index in [1.54, 1.807) is 52.1 Å². The number of hydrogen-bond donors (Lipinski definition) is 1. The molecule has 0 saturated heterocycles. The highest BCUT2D eigenvalue weighted by molar-refractivity contribution is 7.91. The van der Waals surface area contributed by atoms with Crippen LogP contribution in [0.15, 0.2) is 24.3 Å². The molecule has 0 heterocycles. The van der Waals surface area contributed by atoms with Crippen molar-refractivity contribution in [1.29, 1.82) is 0 Å². The third kappa shape index (κ3) is 5.67. The molecule has 6 nitrogen and oxygen atoms in total. The van der Waals surface area contributed by atoms with E-state index in [9.17, 15) is 18.0 Å². The van der Waals surface area contributed by atoms with Gasteiger partial charge in [-0.3, -0.25) is 9.59 Å². The summed E-state index contributed by atoms with van der Waals surface area (Å²) >= 11 is 0. The van der Waals surface area contributed by atoms with E-state index in [1.165, 1.54) is 4.90 Å². The molecule has 1 atom stereocenters. The SMILES string of the molecule is CCC(=O)Nc1cccc(C(=O)N(C)[C@@H](C)CS(=O)(=O)CC)c1. The van der Waals surface area contributed by atoms with Crippen molar-refractivity contribution in [2.24, 2.45) is 0 Å². The Labute approximate surface area is 137 Å². The van der Waals surface area contributed by atoms with Gasteiger partial charge in [-0.15, -0.1) is 0 Å². The molecular formula is C16H24N2O4S. The molecule has 0 saturated carbocycles. The summed E-state index contributed by atoms with van der Waals surface area (Å²) in [6, 6.07) is 6.19. The molecule has 0 fully saturated rings. The summed E-state index contributed by atoms with van der Waals surface area (Å²) in [6.07, 6.45) is 0.351. The number of hydrogen-bond acceptors (Lipinski definition) is 4. The van der Waals surface area contributed by atoms with Gasteiger partial charge in [0.05, 0.1) is 5.75 Å². The Bertz CT molecular complexity index is 670. The van der Waals surface area contributed by atoms with Crippen molar-refractivity contribution in [1.82, 2.24) is 4.90 Å². The number of rotatable bonds is 7. The van der Waals surface area contributed by atoms with Gasteiger partial charge in [0.2, 0.25) is 5.91 Å². The second-order valence-electron chi connectivity index (χ2n) is 5.45. The van der Waals surface area contributed by atoms with Gasteiger partial charge >= 0.3 is 0 Å². The Morgan fingerprint density at radius 1 is 1.26 bits per heavy atom. The second kappa shape index (κ2) is 8.10. The van der Waals surface area contributed by atoms with Crippen molar-refractivity contribution in [3.63, 3.8) is 0 Å². The molecule has 0 bridgehead atoms. The Balaban J connectivity index is 2.87. The molecule has 0 aliphatic heterocycles. The fourth-order valence-electron chi connectivity index (χ4n) is 1.98. The van der Waals surface area contributed by atoms with Crippen molar-refractivity contribution in [2.75, 3.05) is 23.9 Å². The smallest absolute Gasteiger partial charge is 0.253 e. The Hall–Kier alpha value is -1.89. The first-order chi connectivity index (χ1) is 10.7. The third-order valence-electron chi connectivity index (χ3n) is 3.63. The maximum absolute atomic E-state index is 12.5. The van der Waals surface area contributed by atoms with Crippen molar-refractivity contribution in [2.45, 2.75) is 33.2 Å². The standard InChI is InChI=1S/C16H24N2O4S/c1-5-15(19)17-14-9-7-8-13(10-14)16(20)18(4)12(3)11-23(21,22)6-2/h7-10,12H,5-6,11H2,1-4H3,(H,17,19)/t12-/m0/s1. The van der Waals surface area contributed by atoms with Crippen LogP contribution in [0.5, 0.6) is 0 Å². The molecule has 1 N–H and O–H groups in total. The molecule has 0 spiro atoms. The lowest BCUT2D eigenvalue weighted by Crippen LogP contribution is -2.39. The van der Waals surface area contributed by atoms with Gasteiger partial charge in [-0.1, -0.05) is 19.9 Å². The van der Waals surface area contributed by atoms with Crippen LogP contribution < -0.4 is 5.32 Å². The van der Waals surface area contributed by atoms with Gasteiger partial charge in [0, 0.05) is 36.5 Å². The number of nitrogens with one attached hydrogen (secondary N) is 1. The van der Waals surface area contributed by atoms with Gasteiger partial charge in [-0.25, -0.2) is 8.42 Å². The van der Waals surface area contributed by atoms with E-state index in [0.717, 1.165) is 0 Å². The summed E-state index contributed by atoms with van der Waals surface area (Å²) in [4.78, 5) is 25.3. The molecule has 0 aliphatic rings. The molecule has 0 radical (unpaired) electrons. The highest BCUT2D eigenvalue weighted by Crippen LogP contribution is 2.14. The summed E-state index contributed by atoms with van der Waals surface area (Å²) in [7, 11) is -1.58. The monoisotopic (exact) mass is 340 g/mol. The van der Waals surface area contributed by atoms with E-state index in [0.29, 0.717) is 17.7 Å². The van der Waals surface area contributed by atoms with Crippen LogP contribution in [-0.4, -0.2) is 49.7 Å². The first kappa shape index (κ1) is 19.2. The van der Waals surface area contributed by atoms with Crippen LogP contribution in [-0.2, 0) is 14.6 Å². The van der Waals surface area contributed by atoms with Gasteiger partial charge in [-0.2, -0.15) is 0 Å². The summed E-state index contributed by atoms with van der Waals surface area (Å²) < 4.78 is 23.4. The number of benzene rings is 1. The Morgan fingerprint density at radius 2 is 1.91 bits per heavy atom. The maximum atomic E-state index is 12.5. The van der Waals surface area contributed by atoms with Crippen LogP contribution in [0.4, 0.5) is 5.69 Å². The highest BCUT2D eigenvalue weighted by Gasteiger charge is 2.22. The predicted octanol–water partition coefficient (Wildman–Crippen LogP) is 1.93. The number of amides is 2. The number of sulfone groups is 1. The van der Waals surface area contributed by atoms with Crippen molar-refractivity contribution in [3.05, 3.63) is 29.8 Å². The molecule has 0 unspecified atom stereocenters. The summed E-state index contributed by atoms with van der Waals surface area (Å²) in [5.74, 6) is -0.433. The summed E-state index contributed by atoms with van der Waals surface area (Å²) in [5, 5.41) is 2.70. The first-order valence-corrected chi connectivity index (χ1v) is 9.39. The quantitative estimate of drug-likeness (QED) is 0.822. The van der Waals surface area contributed by atoms with Crippen LogP contribution in [0.3, 0.4) is 0 Å². The van der Waals surface area contributed by atoms with Crippen LogP contribution in [0.25, 0.3) is 0 Å². The van der Waals surface area contributed by atoms with Crippen molar-refractivity contribution >= 4 is 27.3 Å². The van der Waals surface area contributed by atoms with E-state index in [-0.39, 0.29) is 23.3 Å². The zero-order valence-electron chi connectivity index (χ0n) is 14.0. The molecule has 2 amide bonds. The highest BCUT2D eigenvalue weighted by atomic mass is 32.2. The van der Waals surface area contributed by atoms with Gasteiger partial charge in [0.25, 0.3) is 5.91 Å². The van der Waals surface area contributed by atoms with Crippen LogP contribution in [0.2, 0.25) is 0 Å². The minimum absolute atomic E-state index is 0.0535. The average Bonchev–Trinajstić information content (AvgIpc) is 2.53. The maximum Gasteiger partial charge on any atom is 0.253 e. The van der Waals surface area contributed by atoms with E-state index in [4.69, 9.17) is 0 Å². The molecule has 7 heteroatoms. The van der Waals surface area contributed by atoms with Crippen molar-refractivity contribution in [3.8, 4) is 0 Å². The lowest BCUT2D eigenvalue weighted by atomic mass is 10.1. The molecule has 1 aromatic rings. The third-order valence-corrected chi connectivity index (χ3v) is 5.50. The van der Waals surface area contributed by atoms with Crippen LogP contribution >= 0.6 is 0 Å². The lowest BCUT2D eigenvalue weighted by molar-refractivity contribution is -0.115.